The third-order valence-electron chi connectivity index (χ3n) is 2.85. The Bertz CT molecular complexity index is 544. The fourth-order valence-electron chi connectivity index (χ4n) is 1.84. The quantitative estimate of drug-likeness (QED) is 0.882. The topological polar surface area (TPSA) is 64.3 Å². The van der Waals surface area contributed by atoms with E-state index in [1.807, 2.05) is 42.3 Å². The Morgan fingerprint density at radius 1 is 1.26 bits per heavy atom. The first-order chi connectivity index (χ1) is 9.24. The average Bonchev–Trinajstić information content (AvgIpc) is 2.47. The summed E-state index contributed by atoms with van der Waals surface area (Å²) >= 11 is 0. The predicted molar refractivity (Wildman–Crippen MR) is 75.0 cm³/mol. The minimum Gasteiger partial charge on any atom is -0.496 e. The van der Waals surface area contributed by atoms with Crippen molar-refractivity contribution >= 4 is 5.95 Å². The molecule has 0 aliphatic rings. The Kier molecular flexibility index (Phi) is 4.30. The fourth-order valence-corrected chi connectivity index (χ4v) is 1.84. The molecule has 19 heavy (non-hydrogen) atoms. The number of nitrogens with zero attached hydrogens (tertiary/aromatic N) is 3. The molecule has 0 atom stereocenters. The summed E-state index contributed by atoms with van der Waals surface area (Å²) in [6.07, 6.45) is 1.73. The molecule has 5 nitrogen and oxygen atoms in total. The highest BCUT2D eigenvalue weighted by molar-refractivity contribution is 5.38. The lowest BCUT2D eigenvalue weighted by atomic mass is 10.2. The zero-order chi connectivity index (χ0) is 13.7. The number of aromatic nitrogens is 2. The molecule has 0 aliphatic heterocycles. The third kappa shape index (κ3) is 3.20. The number of rotatable bonds is 5. The van der Waals surface area contributed by atoms with Crippen LogP contribution in [0.5, 0.6) is 5.75 Å². The van der Waals surface area contributed by atoms with Gasteiger partial charge in [0, 0.05) is 31.9 Å². The smallest absolute Gasteiger partial charge is 0.225 e. The molecule has 2 rings (SSSR count). The number of hydrogen-bond acceptors (Lipinski definition) is 5. The SMILES string of the molecule is COc1ccccc1CN(C)c1nccc(CN)n1. The lowest BCUT2D eigenvalue weighted by molar-refractivity contribution is 0.409. The van der Waals surface area contributed by atoms with Gasteiger partial charge in [-0.25, -0.2) is 9.97 Å². The summed E-state index contributed by atoms with van der Waals surface area (Å²) in [5.74, 6) is 1.53. The molecule has 0 fully saturated rings. The van der Waals surface area contributed by atoms with Gasteiger partial charge in [0.2, 0.25) is 5.95 Å². The molecule has 0 unspecified atom stereocenters. The number of methoxy groups -OCH3 is 1. The molecule has 0 amide bonds. The lowest BCUT2D eigenvalue weighted by Gasteiger charge is -2.18. The van der Waals surface area contributed by atoms with Crippen LogP contribution in [0, 0.1) is 0 Å². The maximum atomic E-state index is 5.59. The molecule has 2 aromatic rings. The van der Waals surface area contributed by atoms with E-state index in [0.29, 0.717) is 19.0 Å². The Labute approximate surface area is 113 Å². The molecular formula is C14H18N4O. The molecule has 0 spiro atoms. The van der Waals surface area contributed by atoms with Gasteiger partial charge in [-0.2, -0.15) is 0 Å². The van der Waals surface area contributed by atoms with Crippen molar-refractivity contribution < 1.29 is 4.74 Å². The van der Waals surface area contributed by atoms with E-state index >= 15 is 0 Å². The molecule has 1 aromatic carbocycles. The standard InChI is InChI=1S/C14H18N4O/c1-18(14-16-8-7-12(9-15)17-14)10-11-5-3-4-6-13(11)19-2/h3-8H,9-10,15H2,1-2H3. The minimum absolute atomic E-state index is 0.415. The van der Waals surface area contributed by atoms with Gasteiger partial charge >= 0.3 is 0 Å². The Balaban J connectivity index is 2.18. The highest BCUT2D eigenvalue weighted by atomic mass is 16.5. The molecule has 0 saturated heterocycles. The van der Waals surface area contributed by atoms with Crippen molar-refractivity contribution in [2.45, 2.75) is 13.1 Å². The summed E-state index contributed by atoms with van der Waals surface area (Å²) in [5, 5.41) is 0. The third-order valence-corrected chi connectivity index (χ3v) is 2.85. The molecule has 0 bridgehead atoms. The van der Waals surface area contributed by atoms with Crippen LogP contribution in [-0.4, -0.2) is 24.1 Å². The monoisotopic (exact) mass is 258 g/mol. The second kappa shape index (κ2) is 6.15. The van der Waals surface area contributed by atoms with Crippen molar-refractivity contribution in [3.05, 3.63) is 47.8 Å². The van der Waals surface area contributed by atoms with Crippen LogP contribution in [0.3, 0.4) is 0 Å². The molecule has 2 N–H and O–H groups in total. The number of hydrogen-bond donors (Lipinski definition) is 1. The van der Waals surface area contributed by atoms with E-state index in [4.69, 9.17) is 10.5 Å². The van der Waals surface area contributed by atoms with Crippen molar-refractivity contribution in [3.8, 4) is 5.75 Å². The Morgan fingerprint density at radius 2 is 2.05 bits per heavy atom. The van der Waals surface area contributed by atoms with Gasteiger partial charge in [-0.3, -0.25) is 0 Å². The molecule has 0 radical (unpaired) electrons. The first-order valence-electron chi connectivity index (χ1n) is 6.09. The van der Waals surface area contributed by atoms with Crippen LogP contribution >= 0.6 is 0 Å². The molecule has 5 heteroatoms. The van der Waals surface area contributed by atoms with Gasteiger partial charge in [-0.15, -0.1) is 0 Å². The van der Waals surface area contributed by atoms with Crippen LogP contribution in [0.15, 0.2) is 36.5 Å². The highest BCUT2D eigenvalue weighted by Crippen LogP contribution is 2.20. The highest BCUT2D eigenvalue weighted by Gasteiger charge is 2.09. The molecular weight excluding hydrogens is 240 g/mol. The average molecular weight is 258 g/mol. The molecule has 0 saturated carbocycles. The zero-order valence-corrected chi connectivity index (χ0v) is 11.2. The summed E-state index contributed by atoms with van der Waals surface area (Å²) in [4.78, 5) is 10.6. The van der Waals surface area contributed by atoms with Gasteiger partial charge in [-0.05, 0) is 12.1 Å². The Hall–Kier alpha value is -2.14. The molecule has 0 aliphatic carbocycles. The first kappa shape index (κ1) is 13.3. The van der Waals surface area contributed by atoms with Crippen LogP contribution in [0.25, 0.3) is 0 Å². The van der Waals surface area contributed by atoms with Gasteiger partial charge in [0.15, 0.2) is 0 Å². The van der Waals surface area contributed by atoms with Crippen LogP contribution < -0.4 is 15.4 Å². The number of para-hydroxylation sites is 1. The summed E-state index contributed by atoms with van der Waals surface area (Å²) in [6.45, 7) is 1.09. The summed E-state index contributed by atoms with van der Waals surface area (Å²) in [6, 6.07) is 9.74. The van der Waals surface area contributed by atoms with Gasteiger partial charge in [0.1, 0.15) is 5.75 Å². The largest absolute Gasteiger partial charge is 0.496 e. The fraction of sp³-hybridized carbons (Fsp3) is 0.286. The number of anilines is 1. The number of ether oxygens (including phenoxy) is 1. The van der Waals surface area contributed by atoms with Crippen molar-refractivity contribution in [2.24, 2.45) is 5.73 Å². The minimum atomic E-state index is 0.415. The molecule has 1 aromatic heterocycles. The van der Waals surface area contributed by atoms with Gasteiger partial charge in [0.25, 0.3) is 0 Å². The second-order valence-electron chi connectivity index (χ2n) is 4.22. The van der Waals surface area contributed by atoms with Crippen molar-refractivity contribution in [1.82, 2.24) is 9.97 Å². The molecule has 100 valence electrons. The van der Waals surface area contributed by atoms with Crippen molar-refractivity contribution in [3.63, 3.8) is 0 Å². The van der Waals surface area contributed by atoms with Gasteiger partial charge < -0.3 is 15.4 Å². The van der Waals surface area contributed by atoms with Crippen LogP contribution in [-0.2, 0) is 13.1 Å². The second-order valence-corrected chi connectivity index (χ2v) is 4.22. The summed E-state index contributed by atoms with van der Waals surface area (Å²) in [5.41, 5.74) is 7.51. The van der Waals surface area contributed by atoms with E-state index in [0.717, 1.165) is 17.0 Å². The van der Waals surface area contributed by atoms with Crippen LogP contribution in [0.1, 0.15) is 11.3 Å². The summed E-state index contributed by atoms with van der Waals surface area (Å²) in [7, 11) is 3.62. The van der Waals surface area contributed by atoms with Gasteiger partial charge in [-0.1, -0.05) is 18.2 Å². The van der Waals surface area contributed by atoms with Crippen molar-refractivity contribution in [2.75, 3.05) is 19.1 Å². The molecule has 1 heterocycles. The van der Waals surface area contributed by atoms with Crippen LogP contribution in [0.4, 0.5) is 5.95 Å². The predicted octanol–water partition coefficient (Wildman–Crippen LogP) is 1.58. The normalized spacial score (nSPS) is 10.3. The summed E-state index contributed by atoms with van der Waals surface area (Å²) < 4.78 is 5.34. The Morgan fingerprint density at radius 3 is 2.79 bits per heavy atom. The number of nitrogens with two attached hydrogens (primary N) is 1. The van der Waals surface area contributed by atoms with E-state index in [2.05, 4.69) is 9.97 Å². The van der Waals surface area contributed by atoms with E-state index < -0.39 is 0 Å². The lowest BCUT2D eigenvalue weighted by Crippen LogP contribution is -2.20. The number of benzene rings is 1. The maximum Gasteiger partial charge on any atom is 0.225 e. The van der Waals surface area contributed by atoms with E-state index in [9.17, 15) is 0 Å². The van der Waals surface area contributed by atoms with E-state index in [1.165, 1.54) is 0 Å². The first-order valence-corrected chi connectivity index (χ1v) is 6.09. The van der Waals surface area contributed by atoms with Crippen molar-refractivity contribution in [1.29, 1.82) is 0 Å². The van der Waals surface area contributed by atoms with Crippen LogP contribution in [0.2, 0.25) is 0 Å². The maximum absolute atomic E-state index is 5.59. The van der Waals surface area contributed by atoms with Gasteiger partial charge in [0.05, 0.1) is 12.8 Å². The van der Waals surface area contributed by atoms with E-state index in [1.54, 1.807) is 13.3 Å². The zero-order valence-electron chi connectivity index (χ0n) is 11.2. The van der Waals surface area contributed by atoms with E-state index in [-0.39, 0.29) is 0 Å².